The van der Waals surface area contributed by atoms with Gasteiger partial charge in [-0.1, -0.05) is 30.3 Å². The molecule has 0 atom stereocenters. The van der Waals surface area contributed by atoms with Crippen LogP contribution in [0, 0.1) is 0 Å². The summed E-state index contributed by atoms with van der Waals surface area (Å²) >= 11 is 0. The van der Waals surface area contributed by atoms with Crippen LogP contribution in [-0.4, -0.2) is 48.9 Å². The van der Waals surface area contributed by atoms with Crippen molar-refractivity contribution in [3.05, 3.63) is 35.9 Å². The number of aliphatic imine (C=N–C) groups is 1. The first-order valence-corrected chi connectivity index (χ1v) is 9.55. The SMILES string of the molecule is CCNC(=NCC1(c2ccccc2)CC1)NCCN1C(=O)CCCC1=O. The van der Waals surface area contributed by atoms with E-state index in [0.29, 0.717) is 32.4 Å². The molecule has 1 saturated carbocycles. The van der Waals surface area contributed by atoms with E-state index in [9.17, 15) is 9.59 Å². The quantitative estimate of drug-likeness (QED) is 0.444. The third-order valence-electron chi connectivity index (χ3n) is 5.14. The van der Waals surface area contributed by atoms with Gasteiger partial charge in [-0.25, -0.2) is 0 Å². The number of carbonyl (C=O) groups excluding carboxylic acids is 2. The van der Waals surface area contributed by atoms with Gasteiger partial charge in [-0.15, -0.1) is 0 Å². The molecule has 2 amide bonds. The first kappa shape index (κ1) is 18.4. The minimum Gasteiger partial charge on any atom is -0.357 e. The van der Waals surface area contributed by atoms with Crippen LogP contribution < -0.4 is 10.6 Å². The number of imide groups is 1. The van der Waals surface area contributed by atoms with Gasteiger partial charge >= 0.3 is 0 Å². The van der Waals surface area contributed by atoms with Gasteiger partial charge in [-0.2, -0.15) is 0 Å². The summed E-state index contributed by atoms with van der Waals surface area (Å²) in [6.07, 6.45) is 3.94. The van der Waals surface area contributed by atoms with E-state index in [4.69, 9.17) is 4.99 Å². The first-order valence-electron chi connectivity index (χ1n) is 9.55. The topological polar surface area (TPSA) is 73.8 Å². The van der Waals surface area contributed by atoms with Crippen LogP contribution in [0.1, 0.15) is 44.6 Å². The lowest BCUT2D eigenvalue weighted by molar-refractivity contribution is -0.147. The zero-order valence-corrected chi connectivity index (χ0v) is 15.5. The number of guanidine groups is 1. The number of nitrogens with zero attached hydrogens (tertiary/aromatic N) is 2. The number of hydrogen-bond acceptors (Lipinski definition) is 3. The molecule has 0 spiro atoms. The van der Waals surface area contributed by atoms with Gasteiger partial charge in [0.25, 0.3) is 0 Å². The van der Waals surface area contributed by atoms with Crippen LogP contribution in [0.15, 0.2) is 35.3 Å². The molecule has 1 aliphatic carbocycles. The fourth-order valence-electron chi connectivity index (χ4n) is 3.39. The maximum Gasteiger partial charge on any atom is 0.229 e. The molecule has 0 aromatic heterocycles. The fourth-order valence-corrected chi connectivity index (χ4v) is 3.39. The Morgan fingerprint density at radius 3 is 2.42 bits per heavy atom. The highest BCUT2D eigenvalue weighted by Crippen LogP contribution is 2.48. The lowest BCUT2D eigenvalue weighted by Gasteiger charge is -2.25. The summed E-state index contributed by atoms with van der Waals surface area (Å²) in [6.45, 7) is 4.45. The largest absolute Gasteiger partial charge is 0.357 e. The smallest absolute Gasteiger partial charge is 0.229 e. The number of benzene rings is 1. The van der Waals surface area contributed by atoms with Crippen molar-refractivity contribution < 1.29 is 9.59 Å². The van der Waals surface area contributed by atoms with Gasteiger partial charge in [-0.05, 0) is 31.7 Å². The minimum atomic E-state index is -0.0639. The number of nitrogens with one attached hydrogen (secondary N) is 2. The van der Waals surface area contributed by atoms with Gasteiger partial charge in [-0.3, -0.25) is 19.5 Å². The van der Waals surface area contributed by atoms with E-state index in [2.05, 4.69) is 34.9 Å². The van der Waals surface area contributed by atoms with Crippen molar-refractivity contribution in [3.8, 4) is 0 Å². The molecule has 26 heavy (non-hydrogen) atoms. The number of hydrogen-bond donors (Lipinski definition) is 2. The molecule has 0 unspecified atom stereocenters. The van der Waals surface area contributed by atoms with Gasteiger partial charge in [0.15, 0.2) is 5.96 Å². The summed E-state index contributed by atoms with van der Waals surface area (Å²) < 4.78 is 0. The summed E-state index contributed by atoms with van der Waals surface area (Å²) in [5.41, 5.74) is 1.52. The Labute approximate surface area is 155 Å². The molecule has 1 heterocycles. The Bertz CT molecular complexity index is 652. The molecule has 6 heteroatoms. The second kappa shape index (κ2) is 8.34. The molecule has 2 aliphatic rings. The average Bonchev–Trinajstić information content (AvgIpc) is 3.44. The van der Waals surface area contributed by atoms with Gasteiger partial charge in [0, 0.05) is 37.9 Å². The van der Waals surface area contributed by atoms with Crippen LogP contribution >= 0.6 is 0 Å². The third-order valence-corrected chi connectivity index (χ3v) is 5.14. The molecule has 0 bridgehead atoms. The molecule has 1 aromatic rings. The Morgan fingerprint density at radius 1 is 1.12 bits per heavy atom. The van der Waals surface area contributed by atoms with Crippen molar-refractivity contribution in [2.24, 2.45) is 4.99 Å². The van der Waals surface area contributed by atoms with E-state index in [0.717, 1.165) is 31.9 Å². The van der Waals surface area contributed by atoms with Crippen molar-refractivity contribution in [2.75, 3.05) is 26.2 Å². The predicted molar refractivity (Wildman–Crippen MR) is 102 cm³/mol. The molecule has 1 aromatic carbocycles. The molecule has 140 valence electrons. The van der Waals surface area contributed by atoms with Crippen LogP contribution in [0.25, 0.3) is 0 Å². The number of rotatable bonds is 7. The third kappa shape index (κ3) is 4.42. The standard InChI is InChI=1S/C20H28N4O2/c1-2-21-19(22-13-14-24-17(25)9-6-10-18(24)26)23-15-20(11-12-20)16-7-4-3-5-8-16/h3-5,7-8H,2,6,9-15H2,1H3,(H2,21,22,23). The van der Waals surface area contributed by atoms with Crippen molar-refractivity contribution in [1.29, 1.82) is 0 Å². The van der Waals surface area contributed by atoms with Crippen molar-refractivity contribution in [3.63, 3.8) is 0 Å². The molecule has 3 rings (SSSR count). The zero-order chi connectivity index (χ0) is 18.4. The summed E-state index contributed by atoms with van der Waals surface area (Å²) in [7, 11) is 0. The second-order valence-electron chi connectivity index (χ2n) is 7.06. The van der Waals surface area contributed by atoms with E-state index in [1.54, 1.807) is 0 Å². The summed E-state index contributed by atoms with van der Waals surface area (Å²) in [5, 5.41) is 6.50. The second-order valence-corrected chi connectivity index (χ2v) is 7.06. The number of piperidine rings is 1. The number of amides is 2. The van der Waals surface area contributed by atoms with Crippen molar-refractivity contribution in [2.45, 2.75) is 44.4 Å². The van der Waals surface area contributed by atoms with Gasteiger partial charge in [0.05, 0.1) is 6.54 Å². The van der Waals surface area contributed by atoms with Crippen LogP contribution in [0.3, 0.4) is 0 Å². The molecule has 1 aliphatic heterocycles. The van der Waals surface area contributed by atoms with Gasteiger partial charge in [0.2, 0.25) is 11.8 Å². The Hall–Kier alpha value is -2.37. The molecule has 0 radical (unpaired) electrons. The van der Waals surface area contributed by atoms with Crippen LogP contribution in [0.2, 0.25) is 0 Å². The van der Waals surface area contributed by atoms with E-state index >= 15 is 0 Å². The first-order chi connectivity index (χ1) is 12.6. The Morgan fingerprint density at radius 2 is 1.81 bits per heavy atom. The van der Waals surface area contributed by atoms with Gasteiger partial charge in [0.1, 0.15) is 0 Å². The lowest BCUT2D eigenvalue weighted by Crippen LogP contribution is -2.46. The zero-order valence-electron chi connectivity index (χ0n) is 15.5. The number of carbonyl (C=O) groups is 2. The molecular formula is C20H28N4O2. The molecular weight excluding hydrogens is 328 g/mol. The monoisotopic (exact) mass is 356 g/mol. The summed E-state index contributed by atoms with van der Waals surface area (Å²) in [5.74, 6) is 0.614. The van der Waals surface area contributed by atoms with Crippen LogP contribution in [0.5, 0.6) is 0 Å². The molecule has 1 saturated heterocycles. The van der Waals surface area contributed by atoms with E-state index < -0.39 is 0 Å². The predicted octanol–water partition coefficient (Wildman–Crippen LogP) is 1.81. The normalized spacial score (nSPS) is 19.4. The van der Waals surface area contributed by atoms with E-state index in [-0.39, 0.29) is 17.2 Å². The highest BCUT2D eigenvalue weighted by molar-refractivity contribution is 5.97. The van der Waals surface area contributed by atoms with E-state index in [1.165, 1.54) is 10.5 Å². The Balaban J connectivity index is 1.54. The number of likely N-dealkylation sites (tertiary alicyclic amines) is 1. The summed E-state index contributed by atoms with van der Waals surface area (Å²) in [4.78, 5) is 29.8. The minimum absolute atomic E-state index is 0.0639. The van der Waals surface area contributed by atoms with E-state index in [1.807, 2.05) is 13.0 Å². The lowest BCUT2D eigenvalue weighted by atomic mass is 9.96. The Kier molecular flexibility index (Phi) is 5.91. The highest BCUT2D eigenvalue weighted by atomic mass is 16.2. The molecule has 2 N–H and O–H groups in total. The van der Waals surface area contributed by atoms with Crippen LogP contribution in [0.4, 0.5) is 0 Å². The van der Waals surface area contributed by atoms with Gasteiger partial charge < -0.3 is 10.6 Å². The van der Waals surface area contributed by atoms with Crippen molar-refractivity contribution in [1.82, 2.24) is 15.5 Å². The molecule has 6 nitrogen and oxygen atoms in total. The summed E-state index contributed by atoms with van der Waals surface area (Å²) in [6, 6.07) is 10.6. The fraction of sp³-hybridized carbons (Fsp3) is 0.550. The average molecular weight is 356 g/mol. The highest BCUT2D eigenvalue weighted by Gasteiger charge is 2.44. The maximum absolute atomic E-state index is 11.9. The molecule has 2 fully saturated rings. The van der Waals surface area contributed by atoms with Crippen LogP contribution in [-0.2, 0) is 15.0 Å². The van der Waals surface area contributed by atoms with Crippen molar-refractivity contribution >= 4 is 17.8 Å². The maximum atomic E-state index is 11.9.